The molecule has 1 aromatic heterocycles. The number of pyridine rings is 1. The minimum absolute atomic E-state index is 0.264. The molecule has 1 aliphatic rings. The van der Waals surface area contributed by atoms with Gasteiger partial charge in [-0.05, 0) is 36.6 Å². The van der Waals surface area contributed by atoms with E-state index in [0.717, 1.165) is 35.4 Å². The van der Waals surface area contributed by atoms with Crippen molar-refractivity contribution >= 4 is 0 Å². The molecule has 3 nitrogen and oxygen atoms in total. The zero-order valence-electron chi connectivity index (χ0n) is 10.8. The summed E-state index contributed by atoms with van der Waals surface area (Å²) in [5, 5.41) is 9.17. The summed E-state index contributed by atoms with van der Waals surface area (Å²) in [6, 6.07) is 14.2. The average molecular weight is 250 g/mol. The molecule has 1 aliphatic carbocycles. The van der Waals surface area contributed by atoms with Crippen molar-refractivity contribution in [1.82, 2.24) is 4.98 Å². The van der Waals surface area contributed by atoms with Crippen LogP contribution in [0.3, 0.4) is 0 Å². The first-order valence-corrected chi connectivity index (χ1v) is 6.30. The number of methoxy groups -OCH3 is 1. The Hall–Kier alpha value is -2.34. The molecule has 0 bridgehead atoms. The summed E-state index contributed by atoms with van der Waals surface area (Å²) in [5.74, 6) is 0.819. The molecule has 0 amide bonds. The highest BCUT2D eigenvalue weighted by Gasteiger charge is 2.45. The molecule has 1 fully saturated rings. The van der Waals surface area contributed by atoms with E-state index in [9.17, 15) is 5.26 Å². The molecule has 3 rings (SSSR count). The van der Waals surface area contributed by atoms with Gasteiger partial charge >= 0.3 is 0 Å². The highest BCUT2D eigenvalue weighted by Crippen LogP contribution is 2.47. The van der Waals surface area contributed by atoms with Gasteiger partial charge in [-0.2, -0.15) is 5.26 Å². The van der Waals surface area contributed by atoms with Crippen molar-refractivity contribution in [3.05, 3.63) is 48.2 Å². The van der Waals surface area contributed by atoms with Gasteiger partial charge < -0.3 is 4.74 Å². The van der Waals surface area contributed by atoms with Gasteiger partial charge in [-0.3, -0.25) is 4.98 Å². The fourth-order valence-corrected chi connectivity index (χ4v) is 2.22. The largest absolute Gasteiger partial charge is 0.497 e. The Morgan fingerprint density at radius 3 is 2.68 bits per heavy atom. The van der Waals surface area contributed by atoms with Crippen molar-refractivity contribution in [3.8, 4) is 23.1 Å². The summed E-state index contributed by atoms with van der Waals surface area (Å²) in [4.78, 5) is 4.47. The maximum Gasteiger partial charge on any atom is 0.119 e. The number of ether oxygens (including phenoxy) is 1. The number of hydrogen-bond acceptors (Lipinski definition) is 3. The van der Waals surface area contributed by atoms with Gasteiger partial charge in [0.1, 0.15) is 5.75 Å². The first-order valence-electron chi connectivity index (χ1n) is 6.30. The van der Waals surface area contributed by atoms with E-state index in [1.165, 1.54) is 0 Å². The van der Waals surface area contributed by atoms with Crippen molar-refractivity contribution in [2.45, 2.75) is 18.3 Å². The molecule has 1 saturated carbocycles. The zero-order chi connectivity index (χ0) is 13.3. The van der Waals surface area contributed by atoms with Gasteiger partial charge in [-0.1, -0.05) is 18.2 Å². The second-order valence-electron chi connectivity index (χ2n) is 4.86. The van der Waals surface area contributed by atoms with Gasteiger partial charge in [0, 0.05) is 11.8 Å². The van der Waals surface area contributed by atoms with Crippen LogP contribution in [-0.4, -0.2) is 12.1 Å². The quantitative estimate of drug-likeness (QED) is 0.839. The van der Waals surface area contributed by atoms with Crippen LogP contribution in [0.4, 0.5) is 0 Å². The van der Waals surface area contributed by atoms with Crippen LogP contribution >= 0.6 is 0 Å². The van der Waals surface area contributed by atoms with Gasteiger partial charge in [0.25, 0.3) is 0 Å². The van der Waals surface area contributed by atoms with Crippen LogP contribution < -0.4 is 4.74 Å². The second kappa shape index (κ2) is 4.40. The molecule has 1 heterocycles. The van der Waals surface area contributed by atoms with E-state index in [0.29, 0.717) is 0 Å². The first kappa shape index (κ1) is 11.7. The topological polar surface area (TPSA) is 45.9 Å². The normalized spacial score (nSPS) is 15.6. The summed E-state index contributed by atoms with van der Waals surface area (Å²) in [6.45, 7) is 0. The lowest BCUT2D eigenvalue weighted by Gasteiger charge is -2.07. The lowest BCUT2D eigenvalue weighted by atomic mass is 9.99. The van der Waals surface area contributed by atoms with E-state index in [2.05, 4.69) is 11.1 Å². The van der Waals surface area contributed by atoms with Gasteiger partial charge in [0.05, 0.1) is 24.3 Å². The molecule has 0 aliphatic heterocycles. The van der Waals surface area contributed by atoms with Crippen molar-refractivity contribution in [1.29, 1.82) is 5.26 Å². The third kappa shape index (κ3) is 2.06. The standard InChI is InChI=1S/C16H14N2O/c1-19-14-4-2-3-12(9-14)15-6-5-13(10-18-15)16(11-17)7-8-16/h2-6,9-10H,7-8H2,1H3. The fraction of sp³-hybridized carbons (Fsp3) is 0.250. The molecule has 0 unspecified atom stereocenters. The summed E-state index contributed by atoms with van der Waals surface area (Å²) < 4.78 is 5.21. The fourth-order valence-electron chi connectivity index (χ4n) is 2.22. The van der Waals surface area contributed by atoms with Gasteiger partial charge in [-0.15, -0.1) is 0 Å². The molecule has 94 valence electrons. The Balaban J connectivity index is 1.92. The van der Waals surface area contributed by atoms with Gasteiger partial charge in [0.15, 0.2) is 0 Å². The molecular weight excluding hydrogens is 236 g/mol. The number of rotatable bonds is 3. The van der Waals surface area contributed by atoms with Gasteiger partial charge in [0.2, 0.25) is 0 Å². The Labute approximate surface area is 112 Å². The van der Waals surface area contributed by atoms with Crippen LogP contribution in [0.5, 0.6) is 5.75 Å². The lowest BCUT2D eigenvalue weighted by Crippen LogP contribution is -2.02. The van der Waals surface area contributed by atoms with Crippen LogP contribution in [-0.2, 0) is 5.41 Å². The molecule has 3 heteroatoms. The van der Waals surface area contributed by atoms with Crippen molar-refractivity contribution < 1.29 is 4.74 Å². The summed E-state index contributed by atoms with van der Waals surface area (Å²) in [7, 11) is 1.65. The minimum atomic E-state index is -0.264. The van der Waals surface area contributed by atoms with E-state index < -0.39 is 0 Å². The monoisotopic (exact) mass is 250 g/mol. The molecule has 19 heavy (non-hydrogen) atoms. The molecule has 1 aromatic carbocycles. The predicted molar refractivity (Wildman–Crippen MR) is 72.8 cm³/mol. The van der Waals surface area contributed by atoms with E-state index in [1.807, 2.05) is 42.6 Å². The van der Waals surface area contributed by atoms with Crippen molar-refractivity contribution in [2.24, 2.45) is 0 Å². The Morgan fingerprint density at radius 1 is 1.26 bits per heavy atom. The van der Waals surface area contributed by atoms with Crippen molar-refractivity contribution in [2.75, 3.05) is 7.11 Å². The van der Waals surface area contributed by atoms with Crippen LogP contribution in [0, 0.1) is 11.3 Å². The van der Waals surface area contributed by atoms with E-state index in [-0.39, 0.29) is 5.41 Å². The molecule has 0 spiro atoms. The van der Waals surface area contributed by atoms with Crippen molar-refractivity contribution in [3.63, 3.8) is 0 Å². The molecule has 0 radical (unpaired) electrons. The van der Waals surface area contributed by atoms with Crippen LogP contribution in [0.25, 0.3) is 11.3 Å². The van der Waals surface area contributed by atoms with E-state index in [4.69, 9.17) is 4.74 Å². The Morgan fingerprint density at radius 2 is 2.11 bits per heavy atom. The van der Waals surface area contributed by atoms with Crippen LogP contribution in [0.2, 0.25) is 0 Å². The Kier molecular flexibility index (Phi) is 2.72. The first-order chi connectivity index (χ1) is 9.27. The van der Waals surface area contributed by atoms with Crippen LogP contribution in [0.1, 0.15) is 18.4 Å². The SMILES string of the molecule is COc1cccc(-c2ccc(C3(C#N)CC3)cn2)c1. The van der Waals surface area contributed by atoms with Gasteiger partial charge in [-0.25, -0.2) is 0 Å². The van der Waals surface area contributed by atoms with Crippen LogP contribution in [0.15, 0.2) is 42.6 Å². The number of benzene rings is 1. The third-order valence-corrected chi connectivity index (χ3v) is 3.65. The molecule has 0 saturated heterocycles. The lowest BCUT2D eigenvalue weighted by molar-refractivity contribution is 0.415. The smallest absolute Gasteiger partial charge is 0.119 e. The van der Waals surface area contributed by atoms with E-state index in [1.54, 1.807) is 7.11 Å². The second-order valence-corrected chi connectivity index (χ2v) is 4.86. The predicted octanol–water partition coefficient (Wildman–Crippen LogP) is 3.31. The molecule has 2 aromatic rings. The maximum atomic E-state index is 9.17. The summed E-state index contributed by atoms with van der Waals surface area (Å²) >= 11 is 0. The number of aromatic nitrogens is 1. The highest BCUT2D eigenvalue weighted by molar-refractivity contribution is 5.61. The summed E-state index contributed by atoms with van der Waals surface area (Å²) in [5.41, 5.74) is 2.69. The summed E-state index contributed by atoms with van der Waals surface area (Å²) in [6.07, 6.45) is 3.72. The molecular formula is C16H14N2O. The number of hydrogen-bond donors (Lipinski definition) is 0. The molecule has 0 N–H and O–H groups in total. The highest BCUT2D eigenvalue weighted by atomic mass is 16.5. The average Bonchev–Trinajstić information content (AvgIpc) is 3.29. The zero-order valence-corrected chi connectivity index (χ0v) is 10.8. The maximum absolute atomic E-state index is 9.17. The number of nitriles is 1. The molecule has 0 atom stereocenters. The number of nitrogens with zero attached hydrogens (tertiary/aromatic N) is 2. The Bertz CT molecular complexity index is 637. The minimum Gasteiger partial charge on any atom is -0.497 e. The third-order valence-electron chi connectivity index (χ3n) is 3.65. The van der Waals surface area contributed by atoms with E-state index >= 15 is 0 Å².